The molecule has 3 aromatic rings. The van der Waals surface area contributed by atoms with E-state index >= 15 is 0 Å². The highest BCUT2D eigenvalue weighted by Crippen LogP contribution is 2.29. The second kappa shape index (κ2) is 8.03. The number of hydrogen-bond acceptors (Lipinski definition) is 5. The van der Waals surface area contributed by atoms with Crippen molar-refractivity contribution in [3.8, 4) is 0 Å². The van der Waals surface area contributed by atoms with Gasteiger partial charge in [0.05, 0.1) is 17.1 Å². The summed E-state index contributed by atoms with van der Waals surface area (Å²) in [6, 6.07) is 13.2. The zero-order chi connectivity index (χ0) is 20.4. The van der Waals surface area contributed by atoms with Crippen LogP contribution in [0.5, 0.6) is 0 Å². The van der Waals surface area contributed by atoms with Gasteiger partial charge in [-0.05, 0) is 62.4 Å². The molecule has 0 saturated carbocycles. The first-order chi connectivity index (χ1) is 14.1. The molecule has 2 atom stereocenters. The number of carbonyl (C=O) groups excluding carboxylic acids is 2. The molecule has 1 amide bonds. The molecule has 1 heterocycles. The average molecular weight is 392 g/mol. The van der Waals surface area contributed by atoms with Gasteiger partial charge in [-0.1, -0.05) is 29.5 Å². The third-order valence-corrected chi connectivity index (χ3v) is 5.39. The summed E-state index contributed by atoms with van der Waals surface area (Å²) in [6.07, 6.45) is 2.04. The van der Waals surface area contributed by atoms with Gasteiger partial charge in [0, 0.05) is 6.54 Å². The van der Waals surface area contributed by atoms with Gasteiger partial charge in [-0.2, -0.15) is 0 Å². The predicted octanol–water partition coefficient (Wildman–Crippen LogP) is 3.19. The Morgan fingerprint density at radius 2 is 2.10 bits per heavy atom. The standard InChI is InChI=1S/C22H24N4O3/c1-3-26-20-12-11-16(13-19(20)24-25-26)22(28)29-14(2)21(27)23-18-10-6-8-15-7-4-5-9-17(15)18/h4-5,7,9,11-14,18H,3,6,8,10H2,1-2H3,(H,23,27)/t14-,18-/m1/s1. The maximum Gasteiger partial charge on any atom is 0.338 e. The van der Waals surface area contributed by atoms with Crippen LogP contribution in [-0.2, 0) is 22.5 Å². The monoisotopic (exact) mass is 392 g/mol. The van der Waals surface area contributed by atoms with Gasteiger partial charge in [0.25, 0.3) is 5.91 Å². The maximum absolute atomic E-state index is 12.6. The number of aromatic nitrogens is 3. The number of rotatable bonds is 5. The molecule has 0 bridgehead atoms. The molecule has 1 aromatic heterocycles. The molecule has 1 aliphatic rings. The average Bonchev–Trinajstić information content (AvgIpc) is 3.16. The fraction of sp³-hybridized carbons (Fsp3) is 0.364. The highest BCUT2D eigenvalue weighted by molar-refractivity contribution is 5.95. The summed E-state index contributed by atoms with van der Waals surface area (Å²) in [5.41, 5.74) is 4.24. The van der Waals surface area contributed by atoms with E-state index in [4.69, 9.17) is 4.74 Å². The van der Waals surface area contributed by atoms with E-state index < -0.39 is 12.1 Å². The van der Waals surface area contributed by atoms with E-state index in [1.807, 2.05) is 19.1 Å². The summed E-state index contributed by atoms with van der Waals surface area (Å²) in [6.45, 7) is 4.26. The van der Waals surface area contributed by atoms with Crippen LogP contribution in [0.25, 0.3) is 11.0 Å². The van der Waals surface area contributed by atoms with E-state index in [1.54, 1.807) is 29.8 Å². The Kier molecular flexibility index (Phi) is 5.29. The molecule has 4 rings (SSSR count). The third-order valence-electron chi connectivity index (χ3n) is 5.39. The summed E-state index contributed by atoms with van der Waals surface area (Å²) >= 11 is 0. The number of benzene rings is 2. The molecule has 7 heteroatoms. The van der Waals surface area contributed by atoms with E-state index in [0.717, 1.165) is 30.3 Å². The Morgan fingerprint density at radius 3 is 2.93 bits per heavy atom. The van der Waals surface area contributed by atoms with Crippen molar-refractivity contribution in [2.75, 3.05) is 0 Å². The van der Waals surface area contributed by atoms with E-state index in [1.165, 1.54) is 5.56 Å². The fourth-order valence-electron chi connectivity index (χ4n) is 3.81. The van der Waals surface area contributed by atoms with Crippen molar-refractivity contribution in [1.82, 2.24) is 20.3 Å². The van der Waals surface area contributed by atoms with Gasteiger partial charge in [-0.3, -0.25) is 4.79 Å². The molecule has 7 nitrogen and oxygen atoms in total. The minimum atomic E-state index is -0.890. The lowest BCUT2D eigenvalue weighted by atomic mass is 9.87. The first kappa shape index (κ1) is 19.1. The van der Waals surface area contributed by atoms with Gasteiger partial charge in [0.15, 0.2) is 6.10 Å². The zero-order valence-corrected chi connectivity index (χ0v) is 16.6. The molecular formula is C22H24N4O3. The third kappa shape index (κ3) is 3.85. The quantitative estimate of drug-likeness (QED) is 0.674. The smallest absolute Gasteiger partial charge is 0.338 e. The van der Waals surface area contributed by atoms with Gasteiger partial charge in [-0.25, -0.2) is 9.48 Å². The molecule has 0 fully saturated rings. The van der Waals surface area contributed by atoms with Crippen LogP contribution in [0.2, 0.25) is 0 Å². The van der Waals surface area contributed by atoms with Crippen LogP contribution >= 0.6 is 0 Å². The molecule has 0 saturated heterocycles. The number of esters is 1. The van der Waals surface area contributed by atoms with Gasteiger partial charge in [0.1, 0.15) is 5.52 Å². The number of nitrogens with zero attached hydrogens (tertiary/aromatic N) is 3. The van der Waals surface area contributed by atoms with Crippen molar-refractivity contribution in [2.45, 2.75) is 51.8 Å². The van der Waals surface area contributed by atoms with Gasteiger partial charge in [-0.15, -0.1) is 5.10 Å². The Hall–Kier alpha value is -3.22. The molecule has 0 unspecified atom stereocenters. The number of aryl methyl sites for hydroxylation is 2. The molecule has 1 aliphatic carbocycles. The Morgan fingerprint density at radius 1 is 1.28 bits per heavy atom. The highest BCUT2D eigenvalue weighted by Gasteiger charge is 2.25. The van der Waals surface area contributed by atoms with Crippen molar-refractivity contribution in [1.29, 1.82) is 0 Å². The Balaban J connectivity index is 1.42. The molecule has 29 heavy (non-hydrogen) atoms. The molecule has 0 radical (unpaired) electrons. The first-order valence-corrected chi connectivity index (χ1v) is 9.99. The SMILES string of the molecule is CCn1nnc2cc(C(=O)O[C@H](C)C(=O)N[C@@H]3CCCc4ccccc43)ccc21. The largest absolute Gasteiger partial charge is 0.449 e. The van der Waals surface area contributed by atoms with Crippen LogP contribution in [0.4, 0.5) is 0 Å². The summed E-state index contributed by atoms with van der Waals surface area (Å²) in [5.74, 6) is -0.845. The van der Waals surface area contributed by atoms with Gasteiger partial charge < -0.3 is 10.1 Å². The Labute approximate surface area is 169 Å². The number of amides is 1. The van der Waals surface area contributed by atoms with Crippen LogP contribution in [0, 0.1) is 0 Å². The number of fused-ring (bicyclic) bond motifs is 2. The second-order valence-electron chi connectivity index (χ2n) is 7.31. The summed E-state index contributed by atoms with van der Waals surface area (Å²) in [7, 11) is 0. The number of carbonyl (C=O) groups is 2. The molecule has 2 aromatic carbocycles. The van der Waals surface area contributed by atoms with E-state index in [-0.39, 0.29) is 11.9 Å². The van der Waals surface area contributed by atoms with Crippen molar-refractivity contribution in [3.05, 3.63) is 59.2 Å². The van der Waals surface area contributed by atoms with Crippen molar-refractivity contribution >= 4 is 22.9 Å². The van der Waals surface area contributed by atoms with Gasteiger partial charge >= 0.3 is 5.97 Å². The van der Waals surface area contributed by atoms with Crippen LogP contribution in [-0.4, -0.2) is 33.0 Å². The second-order valence-corrected chi connectivity index (χ2v) is 7.31. The topological polar surface area (TPSA) is 86.1 Å². The van der Waals surface area contributed by atoms with Gasteiger partial charge in [0.2, 0.25) is 0 Å². The summed E-state index contributed by atoms with van der Waals surface area (Å²) in [5, 5.41) is 11.1. The molecule has 0 aliphatic heterocycles. The predicted molar refractivity (Wildman–Crippen MR) is 108 cm³/mol. The number of hydrogen-bond donors (Lipinski definition) is 1. The molecular weight excluding hydrogens is 368 g/mol. The molecule has 1 N–H and O–H groups in total. The Bertz CT molecular complexity index is 1060. The van der Waals surface area contributed by atoms with E-state index in [9.17, 15) is 9.59 Å². The van der Waals surface area contributed by atoms with Crippen molar-refractivity contribution < 1.29 is 14.3 Å². The van der Waals surface area contributed by atoms with Crippen LogP contribution < -0.4 is 5.32 Å². The zero-order valence-electron chi connectivity index (χ0n) is 16.6. The summed E-state index contributed by atoms with van der Waals surface area (Å²) < 4.78 is 7.16. The fourth-order valence-corrected chi connectivity index (χ4v) is 3.81. The van der Waals surface area contributed by atoms with E-state index in [2.05, 4.69) is 27.8 Å². The van der Waals surface area contributed by atoms with Crippen LogP contribution in [0.15, 0.2) is 42.5 Å². The van der Waals surface area contributed by atoms with Crippen molar-refractivity contribution in [2.24, 2.45) is 0 Å². The lowest BCUT2D eigenvalue weighted by Gasteiger charge is -2.27. The first-order valence-electron chi connectivity index (χ1n) is 9.99. The van der Waals surface area contributed by atoms with Crippen LogP contribution in [0.1, 0.15) is 54.2 Å². The lowest BCUT2D eigenvalue weighted by molar-refractivity contribution is -0.130. The normalized spacial score (nSPS) is 16.8. The van der Waals surface area contributed by atoms with Crippen LogP contribution in [0.3, 0.4) is 0 Å². The molecule has 150 valence electrons. The number of nitrogens with one attached hydrogen (secondary N) is 1. The molecule has 0 spiro atoms. The highest BCUT2D eigenvalue weighted by atomic mass is 16.5. The number of ether oxygens (including phenoxy) is 1. The minimum Gasteiger partial charge on any atom is -0.449 e. The van der Waals surface area contributed by atoms with Crippen molar-refractivity contribution in [3.63, 3.8) is 0 Å². The lowest BCUT2D eigenvalue weighted by Crippen LogP contribution is -2.39. The minimum absolute atomic E-state index is 0.0472. The van der Waals surface area contributed by atoms with E-state index in [0.29, 0.717) is 17.6 Å². The maximum atomic E-state index is 12.6. The summed E-state index contributed by atoms with van der Waals surface area (Å²) in [4.78, 5) is 25.1.